The van der Waals surface area contributed by atoms with Gasteiger partial charge in [0.2, 0.25) is 0 Å². The maximum Gasteiger partial charge on any atom is 0.272 e. The summed E-state index contributed by atoms with van der Waals surface area (Å²) in [5.41, 5.74) is 1.09. The third-order valence-electron chi connectivity index (χ3n) is 1.90. The van der Waals surface area contributed by atoms with Crippen molar-refractivity contribution in [1.29, 1.82) is 0 Å². The van der Waals surface area contributed by atoms with Crippen LogP contribution in [0.3, 0.4) is 0 Å². The van der Waals surface area contributed by atoms with Crippen molar-refractivity contribution in [3.05, 3.63) is 29.8 Å². The van der Waals surface area contributed by atoms with Crippen LogP contribution in [0.15, 0.2) is 24.3 Å². The van der Waals surface area contributed by atoms with Gasteiger partial charge >= 0.3 is 0 Å². The highest BCUT2D eigenvalue weighted by Crippen LogP contribution is 2.20. The first-order valence-corrected chi connectivity index (χ1v) is 4.60. The molecule has 0 amide bonds. The number of benzene rings is 1. The Morgan fingerprint density at radius 2 is 2.00 bits per heavy atom. The van der Waals surface area contributed by atoms with Gasteiger partial charge in [-0.15, -0.1) is 0 Å². The standard InChI is InChI=1S/C11H14F2O/c1-8(2)9-4-3-5-10(6-9)14-7-11(12)13/h3-6,8,11H,7H2,1-2H3. The van der Waals surface area contributed by atoms with Gasteiger partial charge in [-0.25, -0.2) is 8.78 Å². The first kappa shape index (κ1) is 11.0. The molecule has 0 unspecified atom stereocenters. The molecule has 78 valence electrons. The van der Waals surface area contributed by atoms with Gasteiger partial charge in [0.25, 0.3) is 6.43 Å². The zero-order chi connectivity index (χ0) is 10.6. The van der Waals surface area contributed by atoms with E-state index in [1.54, 1.807) is 12.1 Å². The molecule has 1 aromatic carbocycles. The SMILES string of the molecule is CC(C)c1cccc(OCC(F)F)c1. The minimum atomic E-state index is -2.42. The molecule has 0 saturated carbocycles. The number of halogens is 2. The maximum atomic E-state index is 11.9. The maximum absolute atomic E-state index is 11.9. The van der Waals surface area contributed by atoms with Crippen LogP contribution < -0.4 is 4.74 Å². The Hall–Kier alpha value is -1.12. The topological polar surface area (TPSA) is 9.23 Å². The molecule has 1 rings (SSSR count). The van der Waals surface area contributed by atoms with Crippen molar-refractivity contribution in [3.8, 4) is 5.75 Å². The molecule has 14 heavy (non-hydrogen) atoms. The van der Waals surface area contributed by atoms with E-state index in [4.69, 9.17) is 4.74 Å². The van der Waals surface area contributed by atoms with Crippen LogP contribution in [-0.2, 0) is 0 Å². The Balaban J connectivity index is 2.64. The minimum absolute atomic E-state index is 0.380. The molecule has 0 saturated heterocycles. The van der Waals surface area contributed by atoms with Gasteiger partial charge < -0.3 is 4.74 Å². The van der Waals surface area contributed by atoms with Crippen LogP contribution in [0.25, 0.3) is 0 Å². The van der Waals surface area contributed by atoms with Crippen molar-refractivity contribution >= 4 is 0 Å². The number of alkyl halides is 2. The predicted molar refractivity (Wildman–Crippen MR) is 52.0 cm³/mol. The zero-order valence-corrected chi connectivity index (χ0v) is 8.34. The molecule has 0 heterocycles. The number of rotatable bonds is 4. The Kier molecular flexibility index (Phi) is 3.86. The Morgan fingerprint density at radius 1 is 1.29 bits per heavy atom. The lowest BCUT2D eigenvalue weighted by Crippen LogP contribution is -2.07. The average molecular weight is 200 g/mol. The smallest absolute Gasteiger partial charge is 0.272 e. The second-order valence-corrected chi connectivity index (χ2v) is 3.43. The van der Waals surface area contributed by atoms with Crippen molar-refractivity contribution in [2.45, 2.75) is 26.2 Å². The molecule has 0 spiro atoms. The number of hydrogen-bond acceptors (Lipinski definition) is 1. The first-order valence-electron chi connectivity index (χ1n) is 4.60. The summed E-state index contributed by atoms with van der Waals surface area (Å²) in [5.74, 6) is 0.890. The Morgan fingerprint density at radius 3 is 2.57 bits per heavy atom. The summed E-state index contributed by atoms with van der Waals surface area (Å²) in [6.07, 6.45) is -2.42. The summed E-state index contributed by atoms with van der Waals surface area (Å²) in [5, 5.41) is 0. The summed E-state index contributed by atoms with van der Waals surface area (Å²) >= 11 is 0. The molecule has 0 atom stereocenters. The first-order chi connectivity index (χ1) is 6.59. The van der Waals surface area contributed by atoms with E-state index in [0.29, 0.717) is 11.7 Å². The second kappa shape index (κ2) is 4.94. The summed E-state index contributed by atoms with van der Waals surface area (Å²) in [4.78, 5) is 0. The molecular weight excluding hydrogens is 186 g/mol. The third kappa shape index (κ3) is 3.32. The summed E-state index contributed by atoms with van der Waals surface area (Å²) in [6, 6.07) is 7.26. The lowest BCUT2D eigenvalue weighted by molar-refractivity contribution is 0.0818. The third-order valence-corrected chi connectivity index (χ3v) is 1.90. The predicted octanol–water partition coefficient (Wildman–Crippen LogP) is 3.45. The summed E-state index contributed by atoms with van der Waals surface area (Å²) in [7, 11) is 0. The van der Waals surface area contributed by atoms with Crippen LogP contribution in [-0.4, -0.2) is 13.0 Å². The van der Waals surface area contributed by atoms with Gasteiger partial charge in [0.15, 0.2) is 0 Å². The van der Waals surface area contributed by atoms with Gasteiger partial charge in [-0.2, -0.15) is 0 Å². The highest BCUT2D eigenvalue weighted by molar-refractivity contribution is 5.30. The average Bonchev–Trinajstić information content (AvgIpc) is 2.15. The molecule has 0 aliphatic carbocycles. The van der Waals surface area contributed by atoms with Gasteiger partial charge in [0.1, 0.15) is 12.4 Å². The summed E-state index contributed by atoms with van der Waals surface area (Å²) < 4.78 is 28.6. The molecule has 3 heteroatoms. The van der Waals surface area contributed by atoms with Gasteiger partial charge in [-0.1, -0.05) is 26.0 Å². The molecule has 0 N–H and O–H groups in total. The lowest BCUT2D eigenvalue weighted by atomic mass is 10.0. The van der Waals surface area contributed by atoms with Crippen molar-refractivity contribution in [2.24, 2.45) is 0 Å². The van der Waals surface area contributed by atoms with Crippen LogP contribution >= 0.6 is 0 Å². The van der Waals surface area contributed by atoms with Crippen LogP contribution in [0.2, 0.25) is 0 Å². The van der Waals surface area contributed by atoms with Crippen LogP contribution in [0, 0.1) is 0 Å². The van der Waals surface area contributed by atoms with Gasteiger partial charge in [0.05, 0.1) is 0 Å². The highest BCUT2D eigenvalue weighted by Gasteiger charge is 2.04. The number of hydrogen-bond donors (Lipinski definition) is 0. The van der Waals surface area contributed by atoms with Crippen molar-refractivity contribution in [3.63, 3.8) is 0 Å². The van der Waals surface area contributed by atoms with E-state index in [2.05, 4.69) is 0 Å². The molecule has 0 aliphatic rings. The Labute approximate surface area is 82.7 Å². The van der Waals surface area contributed by atoms with Crippen LogP contribution in [0.4, 0.5) is 8.78 Å². The largest absolute Gasteiger partial charge is 0.488 e. The number of ether oxygens (including phenoxy) is 1. The fourth-order valence-electron chi connectivity index (χ4n) is 1.12. The Bertz CT molecular complexity index is 284. The quantitative estimate of drug-likeness (QED) is 0.723. The van der Waals surface area contributed by atoms with Crippen molar-refractivity contribution in [1.82, 2.24) is 0 Å². The molecule has 0 bridgehead atoms. The molecule has 1 nitrogen and oxygen atoms in total. The van der Waals surface area contributed by atoms with E-state index in [1.807, 2.05) is 26.0 Å². The fourth-order valence-corrected chi connectivity index (χ4v) is 1.12. The zero-order valence-electron chi connectivity index (χ0n) is 8.34. The minimum Gasteiger partial charge on any atom is -0.488 e. The second-order valence-electron chi connectivity index (χ2n) is 3.43. The van der Waals surface area contributed by atoms with E-state index in [1.165, 1.54) is 0 Å². The molecular formula is C11H14F2O. The van der Waals surface area contributed by atoms with Gasteiger partial charge in [-0.05, 0) is 23.6 Å². The normalized spacial score (nSPS) is 11.0. The van der Waals surface area contributed by atoms with E-state index < -0.39 is 13.0 Å². The van der Waals surface area contributed by atoms with Gasteiger partial charge in [0, 0.05) is 0 Å². The van der Waals surface area contributed by atoms with E-state index in [0.717, 1.165) is 5.56 Å². The van der Waals surface area contributed by atoms with E-state index >= 15 is 0 Å². The molecule has 0 radical (unpaired) electrons. The molecule has 0 fully saturated rings. The van der Waals surface area contributed by atoms with E-state index in [-0.39, 0.29) is 0 Å². The van der Waals surface area contributed by atoms with Crippen LogP contribution in [0.1, 0.15) is 25.3 Å². The van der Waals surface area contributed by atoms with Crippen molar-refractivity contribution in [2.75, 3.05) is 6.61 Å². The van der Waals surface area contributed by atoms with Crippen molar-refractivity contribution < 1.29 is 13.5 Å². The lowest BCUT2D eigenvalue weighted by Gasteiger charge is -2.09. The molecule has 0 aliphatic heterocycles. The van der Waals surface area contributed by atoms with Gasteiger partial charge in [-0.3, -0.25) is 0 Å². The van der Waals surface area contributed by atoms with E-state index in [9.17, 15) is 8.78 Å². The highest BCUT2D eigenvalue weighted by atomic mass is 19.3. The monoisotopic (exact) mass is 200 g/mol. The molecule has 1 aromatic rings. The van der Waals surface area contributed by atoms with Crippen LogP contribution in [0.5, 0.6) is 5.75 Å². The summed E-state index contributed by atoms with van der Waals surface area (Å²) in [6.45, 7) is 3.56. The fraction of sp³-hybridized carbons (Fsp3) is 0.455. The molecule has 0 aromatic heterocycles.